The molecule has 6 heteroatoms. The Morgan fingerprint density at radius 3 is 2.71 bits per heavy atom. The van der Waals surface area contributed by atoms with E-state index in [0.717, 1.165) is 43.0 Å². The largest absolute Gasteiger partial charge is 0.484 e. The van der Waals surface area contributed by atoms with Crippen LogP contribution in [0.5, 0.6) is 5.75 Å². The molecule has 3 heterocycles. The summed E-state index contributed by atoms with van der Waals surface area (Å²) >= 11 is 0. The first-order valence-electron chi connectivity index (χ1n) is 10.1. The van der Waals surface area contributed by atoms with E-state index in [2.05, 4.69) is 57.7 Å². The molecule has 1 fully saturated rings. The van der Waals surface area contributed by atoms with Crippen molar-refractivity contribution >= 4 is 5.65 Å². The first kappa shape index (κ1) is 17.6. The van der Waals surface area contributed by atoms with Crippen molar-refractivity contribution in [1.82, 2.24) is 19.5 Å². The Balaban J connectivity index is 1.50. The lowest BCUT2D eigenvalue weighted by Crippen LogP contribution is -2.37. The number of benzene rings is 1. The smallest absolute Gasteiger partial charge is 0.161 e. The van der Waals surface area contributed by atoms with E-state index in [1.54, 1.807) is 0 Å². The molecule has 0 saturated carbocycles. The van der Waals surface area contributed by atoms with Crippen molar-refractivity contribution in [3.05, 3.63) is 59.5 Å². The maximum absolute atomic E-state index is 6.44. The van der Waals surface area contributed by atoms with Crippen molar-refractivity contribution in [1.29, 1.82) is 0 Å². The molecule has 0 radical (unpaired) electrons. The standard InChI is InChI=1S/C22H27N5O/c1-22(12-5-13-26(22)2)21-25-24-20-11-8-15(14-27(20)21)28-19-10-9-18(23)16-6-3-4-7-17(16)19/h3-4,6-8,11,14,18-19H,5,9-10,12-13,23H2,1-2H3/t18-,19-,22-/m0/s1. The van der Waals surface area contributed by atoms with Gasteiger partial charge in [0.2, 0.25) is 0 Å². The van der Waals surface area contributed by atoms with Gasteiger partial charge in [0.25, 0.3) is 0 Å². The number of rotatable bonds is 3. The maximum Gasteiger partial charge on any atom is 0.161 e. The highest BCUT2D eigenvalue weighted by atomic mass is 16.5. The van der Waals surface area contributed by atoms with Gasteiger partial charge in [-0.05, 0) is 69.5 Å². The number of fused-ring (bicyclic) bond motifs is 2. The zero-order valence-corrected chi connectivity index (χ0v) is 16.5. The number of aromatic nitrogens is 3. The Morgan fingerprint density at radius 1 is 1.11 bits per heavy atom. The third-order valence-electron chi connectivity index (χ3n) is 6.62. The minimum Gasteiger partial charge on any atom is -0.484 e. The van der Waals surface area contributed by atoms with Crippen LogP contribution >= 0.6 is 0 Å². The summed E-state index contributed by atoms with van der Waals surface area (Å²) in [7, 11) is 2.16. The van der Waals surface area contributed by atoms with Crippen LogP contribution in [-0.2, 0) is 5.54 Å². The molecule has 2 aromatic heterocycles. The predicted molar refractivity (Wildman–Crippen MR) is 108 cm³/mol. The van der Waals surface area contributed by atoms with Crippen molar-refractivity contribution in [2.75, 3.05) is 13.6 Å². The average molecular weight is 377 g/mol. The number of ether oxygens (including phenoxy) is 1. The topological polar surface area (TPSA) is 68.7 Å². The van der Waals surface area contributed by atoms with Gasteiger partial charge < -0.3 is 10.5 Å². The lowest BCUT2D eigenvalue weighted by molar-refractivity contribution is 0.174. The van der Waals surface area contributed by atoms with Crippen LogP contribution in [0.2, 0.25) is 0 Å². The Kier molecular flexibility index (Phi) is 4.14. The lowest BCUT2D eigenvalue weighted by Gasteiger charge is -2.31. The number of nitrogens with zero attached hydrogens (tertiary/aromatic N) is 4. The third-order valence-corrected chi connectivity index (χ3v) is 6.62. The molecule has 1 aliphatic carbocycles. The van der Waals surface area contributed by atoms with Crippen LogP contribution in [0.4, 0.5) is 0 Å². The quantitative estimate of drug-likeness (QED) is 0.755. The molecule has 1 saturated heterocycles. The monoisotopic (exact) mass is 377 g/mol. The van der Waals surface area contributed by atoms with Gasteiger partial charge in [-0.15, -0.1) is 10.2 Å². The fraction of sp³-hybridized carbons (Fsp3) is 0.455. The van der Waals surface area contributed by atoms with E-state index in [-0.39, 0.29) is 17.7 Å². The number of hydrogen-bond acceptors (Lipinski definition) is 5. The fourth-order valence-corrected chi connectivity index (χ4v) is 4.76. The molecule has 3 aromatic rings. The zero-order chi connectivity index (χ0) is 19.3. The van der Waals surface area contributed by atoms with Gasteiger partial charge in [0.05, 0.1) is 11.7 Å². The van der Waals surface area contributed by atoms with Crippen LogP contribution in [0.3, 0.4) is 0 Å². The van der Waals surface area contributed by atoms with Gasteiger partial charge in [-0.1, -0.05) is 24.3 Å². The molecule has 6 nitrogen and oxygen atoms in total. The van der Waals surface area contributed by atoms with Crippen LogP contribution in [0.1, 0.15) is 61.7 Å². The molecule has 28 heavy (non-hydrogen) atoms. The molecule has 5 rings (SSSR count). The Morgan fingerprint density at radius 2 is 1.93 bits per heavy atom. The second kappa shape index (κ2) is 6.57. The van der Waals surface area contributed by atoms with Crippen molar-refractivity contribution in [2.45, 2.75) is 50.3 Å². The van der Waals surface area contributed by atoms with Crippen LogP contribution in [0.15, 0.2) is 42.6 Å². The van der Waals surface area contributed by atoms with Crippen molar-refractivity contribution in [2.24, 2.45) is 5.73 Å². The average Bonchev–Trinajstić information content (AvgIpc) is 3.28. The van der Waals surface area contributed by atoms with E-state index >= 15 is 0 Å². The molecule has 0 bridgehead atoms. The van der Waals surface area contributed by atoms with E-state index < -0.39 is 0 Å². The zero-order valence-electron chi connectivity index (χ0n) is 16.5. The maximum atomic E-state index is 6.44. The summed E-state index contributed by atoms with van der Waals surface area (Å²) in [4.78, 5) is 2.37. The van der Waals surface area contributed by atoms with Crippen molar-refractivity contribution < 1.29 is 4.74 Å². The van der Waals surface area contributed by atoms with Crippen molar-refractivity contribution in [3.63, 3.8) is 0 Å². The van der Waals surface area contributed by atoms with Crippen LogP contribution < -0.4 is 10.5 Å². The van der Waals surface area contributed by atoms with Gasteiger partial charge >= 0.3 is 0 Å². The number of hydrogen-bond donors (Lipinski definition) is 1. The van der Waals surface area contributed by atoms with Gasteiger partial charge in [0.15, 0.2) is 11.5 Å². The molecule has 3 atom stereocenters. The highest BCUT2D eigenvalue weighted by molar-refractivity contribution is 5.43. The molecular formula is C22H27N5O. The summed E-state index contributed by atoms with van der Waals surface area (Å²) in [6.07, 6.45) is 6.19. The second-order valence-electron chi connectivity index (χ2n) is 8.33. The summed E-state index contributed by atoms with van der Waals surface area (Å²) < 4.78 is 8.53. The number of nitrogens with two attached hydrogens (primary N) is 1. The minimum atomic E-state index is -0.0950. The normalized spacial score (nSPS) is 27.8. The molecule has 2 aliphatic rings. The van der Waals surface area contributed by atoms with Crippen molar-refractivity contribution in [3.8, 4) is 5.75 Å². The van der Waals surface area contributed by atoms with Gasteiger partial charge in [-0.2, -0.15) is 0 Å². The van der Waals surface area contributed by atoms with Crippen LogP contribution in [0.25, 0.3) is 5.65 Å². The summed E-state index contributed by atoms with van der Waals surface area (Å²) in [5, 5.41) is 8.92. The van der Waals surface area contributed by atoms with E-state index in [9.17, 15) is 0 Å². The molecule has 1 aliphatic heterocycles. The Hall–Kier alpha value is -2.44. The molecule has 1 aromatic carbocycles. The summed E-state index contributed by atoms with van der Waals surface area (Å²) in [6, 6.07) is 12.4. The number of likely N-dealkylation sites (tertiary alicyclic amines) is 1. The summed E-state index contributed by atoms with van der Waals surface area (Å²) in [5.41, 5.74) is 9.46. The predicted octanol–water partition coefficient (Wildman–Crippen LogP) is 3.58. The van der Waals surface area contributed by atoms with E-state index in [4.69, 9.17) is 10.5 Å². The summed E-state index contributed by atoms with van der Waals surface area (Å²) in [6.45, 7) is 3.34. The molecule has 0 unspecified atom stereocenters. The first-order valence-corrected chi connectivity index (χ1v) is 10.1. The van der Waals surface area contributed by atoms with Gasteiger partial charge in [-0.3, -0.25) is 9.30 Å². The van der Waals surface area contributed by atoms with Crippen LogP contribution in [0, 0.1) is 0 Å². The first-order chi connectivity index (χ1) is 13.6. The minimum absolute atomic E-state index is 0.0260. The molecule has 0 spiro atoms. The van der Waals surface area contributed by atoms with Gasteiger partial charge in [0.1, 0.15) is 11.9 Å². The number of pyridine rings is 1. The lowest BCUT2D eigenvalue weighted by atomic mass is 9.86. The highest BCUT2D eigenvalue weighted by Crippen LogP contribution is 2.39. The molecule has 2 N–H and O–H groups in total. The Bertz CT molecular complexity index is 1020. The van der Waals surface area contributed by atoms with E-state index in [1.807, 2.05) is 18.3 Å². The van der Waals surface area contributed by atoms with Gasteiger partial charge in [-0.25, -0.2) is 0 Å². The van der Waals surface area contributed by atoms with E-state index in [0.29, 0.717) is 0 Å². The third kappa shape index (κ3) is 2.71. The molecule has 0 amide bonds. The SMILES string of the molecule is CN1CCC[C@@]1(C)c1nnc2ccc(O[C@H]3CC[C@H](N)c4ccccc43)cn12. The molecule has 146 valence electrons. The van der Waals surface area contributed by atoms with E-state index in [1.165, 1.54) is 17.5 Å². The summed E-state index contributed by atoms with van der Waals surface area (Å²) in [5.74, 6) is 1.83. The molecular weight excluding hydrogens is 350 g/mol. The Labute approximate surface area is 165 Å². The fourth-order valence-electron chi connectivity index (χ4n) is 4.76. The highest BCUT2D eigenvalue weighted by Gasteiger charge is 2.39. The van der Waals surface area contributed by atoms with Gasteiger partial charge in [0, 0.05) is 6.04 Å². The second-order valence-corrected chi connectivity index (χ2v) is 8.33. The van der Waals surface area contributed by atoms with Crippen LogP contribution in [-0.4, -0.2) is 33.1 Å².